The van der Waals surface area contributed by atoms with E-state index >= 15 is 0 Å². The van der Waals surface area contributed by atoms with Crippen molar-refractivity contribution < 1.29 is 38.4 Å². The first-order valence-corrected chi connectivity index (χ1v) is 14.4. The van der Waals surface area contributed by atoms with Gasteiger partial charge >= 0.3 is 5.97 Å². The van der Waals surface area contributed by atoms with Crippen LogP contribution in [0.2, 0.25) is 0 Å². The van der Waals surface area contributed by atoms with Crippen LogP contribution >= 0.6 is 15.9 Å². The molecule has 2 aromatic carbocycles. The molecule has 1 aliphatic carbocycles. The van der Waals surface area contributed by atoms with Crippen molar-refractivity contribution in [3.05, 3.63) is 68.5 Å². The maximum absolute atomic E-state index is 14.0. The molecule has 1 aliphatic heterocycles. The van der Waals surface area contributed by atoms with E-state index in [2.05, 4.69) is 21.2 Å². The van der Waals surface area contributed by atoms with Gasteiger partial charge in [0.05, 0.1) is 37.5 Å². The highest BCUT2D eigenvalue weighted by atomic mass is 79.9. The average molecular weight is 631 g/mol. The lowest BCUT2D eigenvalue weighted by atomic mass is 9.71. The Hall–Kier alpha value is -3.50. The molecule has 0 bridgehead atoms. The molecular formula is C31H36BrNO8. The van der Waals surface area contributed by atoms with E-state index in [1.807, 2.05) is 32.0 Å². The van der Waals surface area contributed by atoms with E-state index in [0.717, 1.165) is 11.3 Å². The van der Waals surface area contributed by atoms with Crippen molar-refractivity contribution in [1.29, 1.82) is 0 Å². The number of nitrogens with one attached hydrogen (secondary N) is 1. The molecule has 0 spiro atoms. The number of halogens is 1. The molecular weight excluding hydrogens is 594 g/mol. The van der Waals surface area contributed by atoms with Crippen molar-refractivity contribution in [1.82, 2.24) is 5.32 Å². The standard InChI is InChI=1S/C31H36BrNO8/c1-6-39-10-11-41-31(36)27-17(3)33-22-13-19(18-8-9-24(37-4)25(15-18)38-5)14-23(34)29(22)28(27)20-12-21(32)30(35)26(16-20)40-7-2/h8-9,12,15-16,19,28,33,35H,6-7,10-11,13-14H2,1-5H3. The van der Waals surface area contributed by atoms with Gasteiger partial charge in [-0.15, -0.1) is 0 Å². The number of allylic oxidation sites excluding steroid dienone is 3. The molecule has 2 aliphatic rings. The summed E-state index contributed by atoms with van der Waals surface area (Å²) in [4.78, 5) is 27.5. The van der Waals surface area contributed by atoms with E-state index in [-0.39, 0.29) is 42.8 Å². The predicted molar refractivity (Wildman–Crippen MR) is 157 cm³/mol. The first-order valence-electron chi connectivity index (χ1n) is 13.6. The van der Waals surface area contributed by atoms with Gasteiger partial charge in [0.2, 0.25) is 0 Å². The van der Waals surface area contributed by atoms with Gasteiger partial charge in [-0.2, -0.15) is 0 Å². The summed E-state index contributed by atoms with van der Waals surface area (Å²) in [5, 5.41) is 13.9. The Morgan fingerprint density at radius 1 is 1.00 bits per heavy atom. The average Bonchev–Trinajstić information content (AvgIpc) is 2.96. The number of ether oxygens (including phenoxy) is 5. The van der Waals surface area contributed by atoms with Crippen LogP contribution in [0.1, 0.15) is 56.6 Å². The number of methoxy groups -OCH3 is 2. The number of hydrogen-bond acceptors (Lipinski definition) is 9. The molecule has 0 aromatic heterocycles. The van der Waals surface area contributed by atoms with Crippen LogP contribution in [-0.4, -0.2) is 57.5 Å². The molecule has 4 rings (SSSR count). The summed E-state index contributed by atoms with van der Waals surface area (Å²) < 4.78 is 27.8. The lowest BCUT2D eigenvalue weighted by molar-refractivity contribution is -0.140. The normalized spacial score (nSPS) is 18.5. The largest absolute Gasteiger partial charge is 0.503 e. The first kappa shape index (κ1) is 30.5. The van der Waals surface area contributed by atoms with Crippen LogP contribution in [0.15, 0.2) is 57.3 Å². The number of Topliss-reactive ketones (excluding diaryl/α,β-unsaturated/α-hetero) is 1. The highest BCUT2D eigenvalue weighted by Crippen LogP contribution is 2.48. The fraction of sp³-hybridized carbons (Fsp3) is 0.419. The zero-order valence-corrected chi connectivity index (χ0v) is 25.6. The van der Waals surface area contributed by atoms with E-state index in [1.54, 1.807) is 33.3 Å². The third-order valence-electron chi connectivity index (χ3n) is 7.28. The number of benzene rings is 2. The van der Waals surface area contributed by atoms with Crippen LogP contribution in [0.3, 0.4) is 0 Å². The fourth-order valence-electron chi connectivity index (χ4n) is 5.43. The number of rotatable bonds is 11. The maximum atomic E-state index is 14.0. The number of dihydropyridines is 1. The Balaban J connectivity index is 1.78. The minimum Gasteiger partial charge on any atom is -0.503 e. The van der Waals surface area contributed by atoms with Crippen LogP contribution in [-0.2, 0) is 19.1 Å². The van der Waals surface area contributed by atoms with Gasteiger partial charge in [-0.25, -0.2) is 4.79 Å². The van der Waals surface area contributed by atoms with Crippen LogP contribution in [0.4, 0.5) is 0 Å². The van der Waals surface area contributed by atoms with Gasteiger partial charge in [0.1, 0.15) is 6.61 Å². The molecule has 0 saturated heterocycles. The van der Waals surface area contributed by atoms with Gasteiger partial charge < -0.3 is 34.1 Å². The van der Waals surface area contributed by atoms with E-state index in [4.69, 9.17) is 23.7 Å². The summed E-state index contributed by atoms with van der Waals surface area (Å²) >= 11 is 3.42. The van der Waals surface area contributed by atoms with E-state index < -0.39 is 11.9 Å². The highest BCUT2D eigenvalue weighted by molar-refractivity contribution is 9.10. The van der Waals surface area contributed by atoms with E-state index in [1.165, 1.54) is 0 Å². The van der Waals surface area contributed by atoms with Crippen LogP contribution in [0.25, 0.3) is 0 Å². The monoisotopic (exact) mass is 629 g/mol. The van der Waals surface area contributed by atoms with Gasteiger partial charge in [0.15, 0.2) is 28.8 Å². The summed E-state index contributed by atoms with van der Waals surface area (Å²) in [5.41, 5.74) is 3.76. The second-order valence-electron chi connectivity index (χ2n) is 9.75. The summed E-state index contributed by atoms with van der Waals surface area (Å²) in [6, 6.07) is 9.08. The van der Waals surface area contributed by atoms with Gasteiger partial charge in [0.25, 0.3) is 0 Å². The number of ketones is 1. The molecule has 2 atom stereocenters. The molecule has 2 aromatic rings. The number of aromatic hydroxyl groups is 1. The molecule has 0 saturated carbocycles. The van der Waals surface area contributed by atoms with Crippen molar-refractivity contribution in [2.45, 2.75) is 45.4 Å². The summed E-state index contributed by atoms with van der Waals surface area (Å²) in [7, 11) is 3.16. The zero-order chi connectivity index (χ0) is 29.7. The van der Waals surface area contributed by atoms with Gasteiger partial charge in [-0.3, -0.25) is 4.79 Å². The van der Waals surface area contributed by atoms with Crippen molar-refractivity contribution in [3.63, 3.8) is 0 Å². The fourth-order valence-corrected chi connectivity index (χ4v) is 5.89. The quantitative estimate of drug-likeness (QED) is 0.245. The molecule has 2 N–H and O–H groups in total. The summed E-state index contributed by atoms with van der Waals surface area (Å²) in [6.07, 6.45) is 0.796. The third kappa shape index (κ3) is 6.38. The summed E-state index contributed by atoms with van der Waals surface area (Å²) in [6.45, 7) is 6.68. The van der Waals surface area contributed by atoms with Gasteiger partial charge in [-0.1, -0.05) is 6.07 Å². The SMILES string of the molecule is CCOCCOC(=O)C1=C(C)NC2=C(C(=O)CC(c3ccc(OC)c(OC)c3)C2)C1c1cc(Br)c(O)c(OCC)c1. The first-order chi connectivity index (χ1) is 19.7. The second kappa shape index (κ2) is 13.4. The van der Waals surface area contributed by atoms with Crippen LogP contribution < -0.4 is 19.5 Å². The van der Waals surface area contributed by atoms with E-state index in [9.17, 15) is 14.7 Å². The lowest BCUT2D eigenvalue weighted by Crippen LogP contribution is -2.36. The Bertz CT molecular complexity index is 1380. The number of phenols is 1. The second-order valence-corrected chi connectivity index (χ2v) is 10.6. The molecule has 1 heterocycles. The Morgan fingerprint density at radius 2 is 1.73 bits per heavy atom. The molecule has 9 nitrogen and oxygen atoms in total. The lowest BCUT2D eigenvalue weighted by Gasteiger charge is -2.37. The van der Waals surface area contributed by atoms with Gasteiger partial charge in [0, 0.05) is 35.9 Å². The number of esters is 1. The molecule has 10 heteroatoms. The molecule has 0 fully saturated rings. The number of phenolic OH excluding ortho intramolecular Hbond substituents is 1. The maximum Gasteiger partial charge on any atom is 0.336 e. The highest BCUT2D eigenvalue weighted by Gasteiger charge is 2.42. The van der Waals surface area contributed by atoms with Crippen molar-refractivity contribution in [3.8, 4) is 23.0 Å². The Kier molecular flexibility index (Phi) is 9.99. The third-order valence-corrected chi connectivity index (χ3v) is 7.88. The van der Waals surface area contributed by atoms with E-state index in [0.29, 0.717) is 58.0 Å². The minimum atomic E-state index is -0.721. The predicted octanol–water partition coefficient (Wildman–Crippen LogP) is 5.51. The summed E-state index contributed by atoms with van der Waals surface area (Å²) in [5.74, 6) is -0.0377. The van der Waals surface area contributed by atoms with Gasteiger partial charge in [-0.05, 0) is 84.4 Å². The number of carbonyl (C=O) groups excluding carboxylic acids is 2. The Labute approximate surface area is 248 Å². The minimum absolute atomic E-state index is 0.0521. The number of carbonyl (C=O) groups is 2. The van der Waals surface area contributed by atoms with Crippen molar-refractivity contribution in [2.75, 3.05) is 40.6 Å². The Morgan fingerprint density at radius 3 is 2.41 bits per heavy atom. The van der Waals surface area contributed by atoms with Crippen molar-refractivity contribution >= 4 is 27.7 Å². The molecule has 220 valence electrons. The molecule has 0 amide bonds. The van der Waals surface area contributed by atoms with Crippen LogP contribution in [0, 0.1) is 0 Å². The van der Waals surface area contributed by atoms with Crippen molar-refractivity contribution in [2.24, 2.45) is 0 Å². The van der Waals surface area contributed by atoms with Crippen LogP contribution in [0.5, 0.6) is 23.0 Å². The number of hydrogen-bond donors (Lipinski definition) is 2. The molecule has 2 unspecified atom stereocenters. The molecule has 41 heavy (non-hydrogen) atoms. The topological polar surface area (TPSA) is 113 Å². The zero-order valence-electron chi connectivity index (χ0n) is 24.0. The molecule has 0 radical (unpaired) electrons. The smallest absolute Gasteiger partial charge is 0.336 e.